The van der Waals surface area contributed by atoms with Crippen molar-refractivity contribution in [2.45, 2.75) is 25.3 Å². The van der Waals surface area contributed by atoms with Gasteiger partial charge in [0.05, 0.1) is 6.54 Å². The van der Waals surface area contributed by atoms with E-state index in [0.29, 0.717) is 0 Å². The first kappa shape index (κ1) is 14.8. The average molecular weight is 271 g/mol. The summed E-state index contributed by atoms with van der Waals surface area (Å²) < 4.78 is 75.1. The normalized spacial score (nSPS) is 14.0. The standard InChI is InChI=1S/C11H11F6N/c1-6(18-5-11(16,17)10(14)15)8-4-7(12)2-3-9(8)13/h2-4,6,10,18H,5H2,1H3. The highest BCUT2D eigenvalue weighted by molar-refractivity contribution is 5.21. The highest BCUT2D eigenvalue weighted by Crippen LogP contribution is 2.24. The van der Waals surface area contributed by atoms with E-state index >= 15 is 0 Å². The van der Waals surface area contributed by atoms with Gasteiger partial charge in [0, 0.05) is 11.6 Å². The Kier molecular flexibility index (Phi) is 4.61. The third-order valence-electron chi connectivity index (χ3n) is 2.39. The van der Waals surface area contributed by atoms with E-state index in [0.717, 1.165) is 18.2 Å². The molecule has 0 spiro atoms. The molecule has 0 aliphatic heterocycles. The van der Waals surface area contributed by atoms with Crippen molar-refractivity contribution < 1.29 is 26.3 Å². The van der Waals surface area contributed by atoms with Gasteiger partial charge in [0.1, 0.15) is 11.6 Å². The van der Waals surface area contributed by atoms with Crippen molar-refractivity contribution in [3.8, 4) is 0 Å². The van der Waals surface area contributed by atoms with Crippen LogP contribution in [0.5, 0.6) is 0 Å². The predicted molar refractivity (Wildman–Crippen MR) is 53.7 cm³/mol. The van der Waals surface area contributed by atoms with Crippen molar-refractivity contribution >= 4 is 0 Å². The van der Waals surface area contributed by atoms with Gasteiger partial charge in [-0.05, 0) is 25.1 Å². The topological polar surface area (TPSA) is 12.0 Å². The number of rotatable bonds is 5. The molecule has 0 saturated heterocycles. The molecular formula is C11H11F6N. The second-order valence-corrected chi connectivity index (χ2v) is 3.83. The van der Waals surface area contributed by atoms with Crippen molar-refractivity contribution in [2.24, 2.45) is 0 Å². The molecule has 18 heavy (non-hydrogen) atoms. The van der Waals surface area contributed by atoms with Crippen LogP contribution in [0.4, 0.5) is 26.3 Å². The van der Waals surface area contributed by atoms with E-state index in [1.54, 1.807) is 0 Å². The first-order chi connectivity index (χ1) is 8.24. The minimum atomic E-state index is -4.21. The van der Waals surface area contributed by atoms with E-state index in [-0.39, 0.29) is 5.56 Å². The fourth-order valence-corrected chi connectivity index (χ4v) is 1.32. The van der Waals surface area contributed by atoms with Crippen LogP contribution < -0.4 is 5.32 Å². The Morgan fingerprint density at radius 3 is 2.39 bits per heavy atom. The van der Waals surface area contributed by atoms with Gasteiger partial charge in [0.2, 0.25) is 0 Å². The molecular weight excluding hydrogens is 260 g/mol. The highest BCUT2D eigenvalue weighted by Gasteiger charge is 2.40. The summed E-state index contributed by atoms with van der Waals surface area (Å²) in [5.41, 5.74) is -0.194. The largest absolute Gasteiger partial charge is 0.319 e. The Labute approximate surface area is 99.8 Å². The van der Waals surface area contributed by atoms with Crippen LogP contribution in [0.3, 0.4) is 0 Å². The van der Waals surface area contributed by atoms with E-state index in [1.165, 1.54) is 6.92 Å². The third kappa shape index (κ3) is 3.63. The molecule has 1 N–H and O–H groups in total. The van der Waals surface area contributed by atoms with E-state index in [9.17, 15) is 26.3 Å². The smallest absolute Gasteiger partial charge is 0.304 e. The monoisotopic (exact) mass is 271 g/mol. The lowest BCUT2D eigenvalue weighted by Crippen LogP contribution is -2.39. The van der Waals surface area contributed by atoms with Crippen molar-refractivity contribution in [3.63, 3.8) is 0 Å². The molecule has 0 aromatic heterocycles. The van der Waals surface area contributed by atoms with Gasteiger partial charge >= 0.3 is 12.3 Å². The second-order valence-electron chi connectivity index (χ2n) is 3.83. The first-order valence-electron chi connectivity index (χ1n) is 5.08. The summed E-state index contributed by atoms with van der Waals surface area (Å²) in [4.78, 5) is 0. The Balaban J connectivity index is 2.71. The van der Waals surface area contributed by atoms with E-state index in [2.05, 4.69) is 5.32 Å². The number of hydrogen-bond donors (Lipinski definition) is 1. The molecule has 0 radical (unpaired) electrons. The van der Waals surface area contributed by atoms with Gasteiger partial charge < -0.3 is 5.32 Å². The van der Waals surface area contributed by atoms with Crippen LogP contribution in [0.1, 0.15) is 18.5 Å². The van der Waals surface area contributed by atoms with Crippen molar-refractivity contribution in [2.75, 3.05) is 6.54 Å². The molecule has 0 aliphatic rings. The SMILES string of the molecule is CC(NCC(F)(F)C(F)F)c1cc(F)ccc1F. The molecule has 1 aromatic carbocycles. The zero-order valence-electron chi connectivity index (χ0n) is 9.36. The van der Waals surface area contributed by atoms with Crippen LogP contribution >= 0.6 is 0 Å². The summed E-state index contributed by atoms with van der Waals surface area (Å²) in [6, 6.07) is 1.53. The molecule has 102 valence electrons. The fourth-order valence-electron chi connectivity index (χ4n) is 1.32. The van der Waals surface area contributed by atoms with Crippen molar-refractivity contribution in [1.29, 1.82) is 0 Å². The minimum Gasteiger partial charge on any atom is -0.304 e. The molecule has 1 aromatic rings. The van der Waals surface area contributed by atoms with E-state index < -0.39 is 36.6 Å². The zero-order valence-corrected chi connectivity index (χ0v) is 9.36. The minimum absolute atomic E-state index is 0.194. The number of halogens is 6. The number of alkyl halides is 4. The second kappa shape index (κ2) is 5.60. The summed E-state index contributed by atoms with van der Waals surface area (Å²) in [5.74, 6) is -5.74. The van der Waals surface area contributed by atoms with Gasteiger partial charge in [-0.3, -0.25) is 0 Å². The molecule has 1 rings (SSSR count). The van der Waals surface area contributed by atoms with Gasteiger partial charge in [0.15, 0.2) is 0 Å². The Bertz CT molecular complexity index is 407. The summed E-state index contributed by atoms with van der Waals surface area (Å²) in [7, 11) is 0. The lowest BCUT2D eigenvalue weighted by Gasteiger charge is -2.20. The van der Waals surface area contributed by atoms with Crippen LogP contribution in [0.25, 0.3) is 0 Å². The molecule has 1 nitrogen and oxygen atoms in total. The average Bonchev–Trinajstić information content (AvgIpc) is 2.29. The highest BCUT2D eigenvalue weighted by atomic mass is 19.3. The van der Waals surface area contributed by atoms with Crippen LogP contribution in [0, 0.1) is 11.6 Å². The fraction of sp³-hybridized carbons (Fsp3) is 0.455. The third-order valence-corrected chi connectivity index (χ3v) is 2.39. The number of hydrogen-bond acceptors (Lipinski definition) is 1. The quantitative estimate of drug-likeness (QED) is 0.808. The molecule has 1 atom stereocenters. The molecule has 0 heterocycles. The van der Waals surface area contributed by atoms with E-state index in [4.69, 9.17) is 0 Å². The molecule has 7 heteroatoms. The zero-order chi connectivity index (χ0) is 13.9. The lowest BCUT2D eigenvalue weighted by molar-refractivity contribution is -0.126. The Hall–Kier alpha value is -1.24. The van der Waals surface area contributed by atoms with Crippen LogP contribution in [-0.2, 0) is 0 Å². The maximum Gasteiger partial charge on any atom is 0.319 e. The van der Waals surface area contributed by atoms with E-state index in [1.807, 2.05) is 0 Å². The summed E-state index contributed by atoms with van der Waals surface area (Å²) in [6.07, 6.45) is -3.81. The molecule has 0 amide bonds. The molecule has 0 saturated carbocycles. The maximum atomic E-state index is 13.3. The Morgan fingerprint density at radius 2 is 1.83 bits per heavy atom. The van der Waals surface area contributed by atoms with Crippen LogP contribution in [0.2, 0.25) is 0 Å². The van der Waals surface area contributed by atoms with Gasteiger partial charge in [-0.2, -0.15) is 8.78 Å². The molecule has 1 unspecified atom stereocenters. The summed E-state index contributed by atoms with van der Waals surface area (Å²) >= 11 is 0. The van der Waals surface area contributed by atoms with Gasteiger partial charge in [-0.25, -0.2) is 17.6 Å². The van der Waals surface area contributed by atoms with Crippen molar-refractivity contribution in [1.82, 2.24) is 5.32 Å². The lowest BCUT2D eigenvalue weighted by atomic mass is 10.1. The van der Waals surface area contributed by atoms with Gasteiger partial charge in [-0.15, -0.1) is 0 Å². The Morgan fingerprint density at radius 1 is 1.22 bits per heavy atom. The summed E-state index contributed by atoms with van der Waals surface area (Å²) in [5, 5.41) is 2.05. The number of benzene rings is 1. The van der Waals surface area contributed by atoms with Crippen LogP contribution in [-0.4, -0.2) is 18.9 Å². The maximum absolute atomic E-state index is 13.3. The van der Waals surface area contributed by atoms with Crippen LogP contribution in [0.15, 0.2) is 18.2 Å². The number of nitrogens with one attached hydrogen (secondary N) is 1. The summed E-state index contributed by atoms with van der Waals surface area (Å²) in [6.45, 7) is -0.0405. The van der Waals surface area contributed by atoms with Gasteiger partial charge in [0.25, 0.3) is 0 Å². The van der Waals surface area contributed by atoms with Crippen molar-refractivity contribution in [3.05, 3.63) is 35.4 Å². The van der Waals surface area contributed by atoms with Gasteiger partial charge in [-0.1, -0.05) is 0 Å². The first-order valence-corrected chi connectivity index (χ1v) is 5.08. The molecule has 0 fully saturated rings. The predicted octanol–water partition coefficient (Wildman–Crippen LogP) is 3.52. The molecule has 0 bridgehead atoms. The molecule has 0 aliphatic carbocycles.